The number of carboxylic acids is 1. The van der Waals surface area contributed by atoms with E-state index in [0.717, 1.165) is 12.8 Å². The topological polar surface area (TPSA) is 99.9 Å². The van der Waals surface area contributed by atoms with Crippen molar-refractivity contribution in [2.24, 2.45) is 0 Å². The average Bonchev–Trinajstić information content (AvgIpc) is 3.43. The lowest BCUT2D eigenvalue weighted by atomic mass is 9.78. The number of nitrogens with zero attached hydrogens (tertiary/aromatic N) is 1. The van der Waals surface area contributed by atoms with Crippen molar-refractivity contribution in [2.45, 2.75) is 51.5 Å². The maximum absolute atomic E-state index is 15.3. The molecule has 0 saturated heterocycles. The lowest BCUT2D eigenvalue weighted by Crippen LogP contribution is -2.33. The molecule has 2 aromatic rings. The van der Waals surface area contributed by atoms with Crippen LogP contribution in [-0.4, -0.2) is 47.4 Å². The normalized spacial score (nSPS) is 16.0. The monoisotopic (exact) mass is 504 g/mol. The van der Waals surface area contributed by atoms with Crippen molar-refractivity contribution in [3.05, 3.63) is 58.4 Å². The third-order valence-corrected chi connectivity index (χ3v) is 6.71. The SMILES string of the molecule is CCOc1cc2c(c(F)c1OCC)C(=N)N(CC(=O)c1cccc(C3(C(=O)O)CCCC3)c1)C2.Cl. The molecule has 0 bridgehead atoms. The van der Waals surface area contributed by atoms with Gasteiger partial charge in [0.1, 0.15) is 5.84 Å². The Hall–Kier alpha value is -3.13. The van der Waals surface area contributed by atoms with E-state index in [2.05, 4.69) is 0 Å². The molecule has 1 aliphatic heterocycles. The Kier molecular flexibility index (Phi) is 8.05. The zero-order valence-corrected chi connectivity index (χ0v) is 20.7. The van der Waals surface area contributed by atoms with Crippen molar-refractivity contribution < 1.29 is 28.6 Å². The summed E-state index contributed by atoms with van der Waals surface area (Å²) in [5.41, 5.74) is 0.744. The van der Waals surface area contributed by atoms with Gasteiger partial charge >= 0.3 is 5.97 Å². The zero-order chi connectivity index (χ0) is 24.5. The number of hydrogen-bond acceptors (Lipinski definition) is 5. The summed E-state index contributed by atoms with van der Waals surface area (Å²) >= 11 is 0. The molecule has 7 nitrogen and oxygen atoms in total. The number of benzene rings is 2. The van der Waals surface area contributed by atoms with Gasteiger partial charge in [-0.1, -0.05) is 31.0 Å². The first kappa shape index (κ1) is 26.5. The van der Waals surface area contributed by atoms with Gasteiger partial charge < -0.3 is 19.5 Å². The number of fused-ring (bicyclic) bond motifs is 1. The summed E-state index contributed by atoms with van der Waals surface area (Å²) in [7, 11) is 0. The Balaban J connectivity index is 0.00000342. The fraction of sp³-hybridized carbons (Fsp3) is 0.423. The molecule has 2 aromatic carbocycles. The quantitative estimate of drug-likeness (QED) is 0.468. The van der Waals surface area contributed by atoms with Gasteiger partial charge in [0.05, 0.1) is 30.7 Å². The molecule has 0 atom stereocenters. The van der Waals surface area contributed by atoms with Crippen LogP contribution >= 0.6 is 12.4 Å². The van der Waals surface area contributed by atoms with Crippen molar-refractivity contribution in [2.75, 3.05) is 19.8 Å². The fourth-order valence-electron chi connectivity index (χ4n) is 5.02. The highest BCUT2D eigenvalue weighted by molar-refractivity contribution is 6.06. The van der Waals surface area contributed by atoms with Crippen LogP contribution in [0.4, 0.5) is 4.39 Å². The van der Waals surface area contributed by atoms with Crippen LogP contribution in [0.3, 0.4) is 0 Å². The van der Waals surface area contributed by atoms with Gasteiger partial charge in [-0.15, -0.1) is 12.4 Å². The number of carbonyl (C=O) groups excluding carboxylic acids is 1. The molecular weight excluding hydrogens is 475 g/mol. The lowest BCUT2D eigenvalue weighted by Gasteiger charge is -2.25. The van der Waals surface area contributed by atoms with Crippen LogP contribution in [0, 0.1) is 11.2 Å². The van der Waals surface area contributed by atoms with E-state index < -0.39 is 17.2 Å². The van der Waals surface area contributed by atoms with Gasteiger partial charge in [0.15, 0.2) is 23.1 Å². The second kappa shape index (κ2) is 10.6. The number of Topliss-reactive ketones (excluding diaryl/α,β-unsaturated/α-hetero) is 1. The number of carboxylic acid groups (broad SMARTS) is 1. The Labute approximate surface area is 210 Å². The third kappa shape index (κ3) is 4.72. The molecule has 4 rings (SSSR count). The minimum Gasteiger partial charge on any atom is -0.490 e. The van der Waals surface area contributed by atoms with E-state index in [1.54, 1.807) is 44.2 Å². The molecule has 35 heavy (non-hydrogen) atoms. The summed E-state index contributed by atoms with van der Waals surface area (Å²) < 4.78 is 26.2. The maximum Gasteiger partial charge on any atom is 0.314 e. The Morgan fingerprint density at radius 3 is 2.46 bits per heavy atom. The minimum absolute atomic E-state index is 0. The highest BCUT2D eigenvalue weighted by atomic mass is 35.5. The average molecular weight is 505 g/mol. The Bertz CT molecular complexity index is 1150. The minimum atomic E-state index is -0.957. The first-order valence-electron chi connectivity index (χ1n) is 11.6. The fourth-order valence-corrected chi connectivity index (χ4v) is 5.02. The second-order valence-electron chi connectivity index (χ2n) is 8.72. The van der Waals surface area contributed by atoms with Crippen molar-refractivity contribution in [1.82, 2.24) is 4.90 Å². The summed E-state index contributed by atoms with van der Waals surface area (Å²) in [4.78, 5) is 26.7. The molecule has 2 N–H and O–H groups in total. The molecule has 1 saturated carbocycles. The summed E-state index contributed by atoms with van der Waals surface area (Å²) in [6, 6.07) is 8.46. The number of nitrogens with one attached hydrogen (secondary N) is 1. The number of aliphatic carboxylic acids is 1. The lowest BCUT2D eigenvalue weighted by molar-refractivity contribution is -0.143. The molecule has 1 aliphatic carbocycles. The number of rotatable bonds is 9. The summed E-state index contributed by atoms with van der Waals surface area (Å²) in [5, 5.41) is 18.4. The van der Waals surface area contributed by atoms with Gasteiger partial charge in [-0.05, 0) is 49.9 Å². The van der Waals surface area contributed by atoms with E-state index >= 15 is 4.39 Å². The van der Waals surface area contributed by atoms with E-state index in [1.165, 1.54) is 4.90 Å². The summed E-state index contributed by atoms with van der Waals surface area (Å²) in [6.45, 7) is 4.20. The van der Waals surface area contributed by atoms with Crippen LogP contribution in [0.5, 0.6) is 11.5 Å². The van der Waals surface area contributed by atoms with E-state index in [0.29, 0.717) is 36.1 Å². The van der Waals surface area contributed by atoms with E-state index in [1.807, 2.05) is 0 Å². The molecule has 0 radical (unpaired) electrons. The van der Waals surface area contributed by atoms with E-state index in [-0.39, 0.29) is 60.8 Å². The summed E-state index contributed by atoms with van der Waals surface area (Å²) in [6.07, 6.45) is 2.78. The first-order valence-corrected chi connectivity index (χ1v) is 11.6. The largest absolute Gasteiger partial charge is 0.490 e. The van der Waals surface area contributed by atoms with Crippen molar-refractivity contribution in [3.63, 3.8) is 0 Å². The molecule has 2 aliphatic rings. The molecule has 0 amide bonds. The van der Waals surface area contributed by atoms with Crippen LogP contribution < -0.4 is 9.47 Å². The van der Waals surface area contributed by atoms with Crippen LogP contribution in [0.15, 0.2) is 30.3 Å². The van der Waals surface area contributed by atoms with Crippen LogP contribution in [0.2, 0.25) is 0 Å². The van der Waals surface area contributed by atoms with Crippen LogP contribution in [0.1, 0.15) is 66.6 Å². The number of carbonyl (C=O) groups is 2. The van der Waals surface area contributed by atoms with E-state index in [4.69, 9.17) is 14.9 Å². The Morgan fingerprint density at radius 1 is 1.14 bits per heavy atom. The predicted molar refractivity (Wildman–Crippen MR) is 132 cm³/mol. The number of hydrogen-bond donors (Lipinski definition) is 2. The van der Waals surface area contributed by atoms with Gasteiger partial charge in [-0.2, -0.15) is 0 Å². The van der Waals surface area contributed by atoms with Crippen molar-refractivity contribution >= 4 is 30.0 Å². The van der Waals surface area contributed by atoms with Gasteiger partial charge in [0.25, 0.3) is 0 Å². The molecule has 0 spiro atoms. The molecule has 9 heteroatoms. The number of halogens is 2. The first-order chi connectivity index (χ1) is 16.3. The van der Waals surface area contributed by atoms with Crippen molar-refractivity contribution in [1.29, 1.82) is 5.41 Å². The highest BCUT2D eigenvalue weighted by Crippen LogP contribution is 2.42. The molecule has 188 valence electrons. The summed E-state index contributed by atoms with van der Waals surface area (Å²) in [5.74, 6) is -1.60. The Morgan fingerprint density at radius 2 is 1.83 bits per heavy atom. The second-order valence-corrected chi connectivity index (χ2v) is 8.72. The molecule has 1 fully saturated rings. The van der Waals surface area contributed by atoms with Crippen LogP contribution in [-0.2, 0) is 16.8 Å². The molecular formula is C26H30ClFN2O5. The molecule has 0 aromatic heterocycles. The standard InChI is InChI=1S/C26H29FN2O5.ClH/c1-3-33-20-13-17-14-29(24(28)21(17)22(27)23(20)34-4-2)15-19(30)16-8-7-9-18(12-16)26(25(31)32)10-5-6-11-26;/h7-9,12-13,28H,3-6,10-11,14-15H2,1-2H3,(H,31,32);1H. The maximum atomic E-state index is 15.3. The predicted octanol–water partition coefficient (Wildman–Crippen LogP) is 4.97. The van der Waals surface area contributed by atoms with Gasteiger partial charge in [-0.25, -0.2) is 4.39 Å². The third-order valence-electron chi connectivity index (χ3n) is 6.71. The zero-order valence-electron chi connectivity index (χ0n) is 19.9. The molecule has 0 unspecified atom stereocenters. The molecule has 1 heterocycles. The number of ketones is 1. The highest BCUT2D eigenvalue weighted by Gasteiger charge is 2.43. The van der Waals surface area contributed by atoms with Crippen LogP contribution in [0.25, 0.3) is 0 Å². The van der Waals surface area contributed by atoms with Crippen molar-refractivity contribution in [3.8, 4) is 11.5 Å². The van der Waals surface area contributed by atoms with Gasteiger partial charge in [0.2, 0.25) is 0 Å². The number of ether oxygens (including phenoxy) is 2. The smallest absolute Gasteiger partial charge is 0.314 e. The van der Waals surface area contributed by atoms with E-state index in [9.17, 15) is 14.7 Å². The number of amidine groups is 1. The van der Waals surface area contributed by atoms with Gasteiger partial charge in [-0.3, -0.25) is 15.0 Å². The van der Waals surface area contributed by atoms with Gasteiger partial charge in [0, 0.05) is 12.1 Å².